The van der Waals surface area contributed by atoms with E-state index in [0.717, 1.165) is 42.5 Å². The largest absolute Gasteiger partial charge is 0.312 e. The van der Waals surface area contributed by atoms with Gasteiger partial charge in [-0.25, -0.2) is 12.8 Å². The van der Waals surface area contributed by atoms with Gasteiger partial charge in [0.25, 0.3) is 0 Å². The molecule has 2 aromatic carbocycles. The lowest BCUT2D eigenvalue weighted by Gasteiger charge is -2.30. The second-order valence-electron chi connectivity index (χ2n) is 7.68. The first kappa shape index (κ1) is 20.0. The molecule has 2 aliphatic heterocycles. The number of rotatable bonds is 5. The van der Waals surface area contributed by atoms with Crippen molar-refractivity contribution in [3.8, 4) is 0 Å². The molecule has 29 heavy (non-hydrogen) atoms. The van der Waals surface area contributed by atoms with Gasteiger partial charge in [0.05, 0.1) is 4.90 Å². The third kappa shape index (κ3) is 4.21. The molecule has 7 heteroatoms. The smallest absolute Gasteiger partial charge is 0.243 e. The standard InChI is InChI=1S/C22H25FN2O3S/c23-19-8-5-17(6-9-19)7-12-22(26)25-15-3-4-18-16-20(10-11-21(18)25)29(27,28)24-13-1-2-14-24/h5-6,8-11,16H,1-4,7,12-15H2. The summed E-state index contributed by atoms with van der Waals surface area (Å²) in [6, 6.07) is 11.3. The molecule has 0 atom stereocenters. The summed E-state index contributed by atoms with van der Waals surface area (Å²) in [6.45, 7) is 1.79. The van der Waals surface area contributed by atoms with E-state index in [9.17, 15) is 17.6 Å². The molecule has 0 radical (unpaired) electrons. The number of sulfonamides is 1. The molecular formula is C22H25FN2O3S. The number of carbonyl (C=O) groups is 1. The summed E-state index contributed by atoms with van der Waals surface area (Å²) < 4.78 is 40.3. The lowest BCUT2D eigenvalue weighted by Crippen LogP contribution is -2.36. The van der Waals surface area contributed by atoms with Crippen LogP contribution in [0.3, 0.4) is 0 Å². The second-order valence-corrected chi connectivity index (χ2v) is 9.62. The third-order valence-electron chi connectivity index (χ3n) is 5.71. The molecule has 0 N–H and O–H groups in total. The van der Waals surface area contributed by atoms with E-state index in [0.29, 0.717) is 37.4 Å². The van der Waals surface area contributed by atoms with E-state index in [-0.39, 0.29) is 11.7 Å². The number of fused-ring (bicyclic) bond motifs is 1. The summed E-state index contributed by atoms with van der Waals surface area (Å²) in [5, 5.41) is 0. The molecule has 154 valence electrons. The fourth-order valence-electron chi connectivity index (χ4n) is 4.11. The monoisotopic (exact) mass is 416 g/mol. The first-order chi connectivity index (χ1) is 13.9. The second kappa shape index (κ2) is 8.24. The zero-order valence-electron chi connectivity index (χ0n) is 16.3. The Labute approximate surface area is 171 Å². The minimum Gasteiger partial charge on any atom is -0.312 e. The molecule has 0 unspecified atom stereocenters. The van der Waals surface area contributed by atoms with Crippen molar-refractivity contribution in [3.63, 3.8) is 0 Å². The van der Waals surface area contributed by atoms with Gasteiger partial charge in [0.15, 0.2) is 0 Å². The van der Waals surface area contributed by atoms with Gasteiger partial charge in [-0.05, 0) is 73.6 Å². The van der Waals surface area contributed by atoms with E-state index in [1.54, 1.807) is 39.5 Å². The van der Waals surface area contributed by atoms with Gasteiger partial charge in [0.1, 0.15) is 5.82 Å². The zero-order chi connectivity index (χ0) is 20.4. The Morgan fingerprint density at radius 3 is 2.41 bits per heavy atom. The van der Waals surface area contributed by atoms with Crippen LogP contribution in [-0.2, 0) is 27.7 Å². The maximum Gasteiger partial charge on any atom is 0.243 e. The lowest BCUT2D eigenvalue weighted by atomic mass is 10.0. The maximum absolute atomic E-state index is 13.0. The van der Waals surface area contributed by atoms with Crippen LogP contribution in [0.5, 0.6) is 0 Å². The minimum absolute atomic E-state index is 0.00502. The van der Waals surface area contributed by atoms with Crippen LogP contribution in [0.4, 0.5) is 10.1 Å². The highest BCUT2D eigenvalue weighted by Gasteiger charge is 2.29. The van der Waals surface area contributed by atoms with Gasteiger partial charge < -0.3 is 4.90 Å². The highest BCUT2D eigenvalue weighted by atomic mass is 32.2. The number of carbonyl (C=O) groups excluding carboxylic acids is 1. The summed E-state index contributed by atoms with van der Waals surface area (Å²) in [7, 11) is -3.46. The molecule has 2 aromatic rings. The Balaban J connectivity index is 1.50. The summed E-state index contributed by atoms with van der Waals surface area (Å²) in [5.74, 6) is -0.282. The Hall–Kier alpha value is -2.25. The van der Waals surface area contributed by atoms with Crippen LogP contribution < -0.4 is 4.90 Å². The van der Waals surface area contributed by atoms with Gasteiger partial charge in [-0.1, -0.05) is 12.1 Å². The molecule has 0 aromatic heterocycles. The molecular weight excluding hydrogens is 391 g/mol. The molecule has 1 fully saturated rings. The van der Waals surface area contributed by atoms with Crippen molar-refractivity contribution in [2.45, 2.75) is 43.4 Å². The number of aryl methyl sites for hydroxylation is 2. The Bertz CT molecular complexity index is 999. The number of hydrogen-bond donors (Lipinski definition) is 0. The van der Waals surface area contributed by atoms with Crippen molar-refractivity contribution in [3.05, 3.63) is 59.4 Å². The van der Waals surface area contributed by atoms with Gasteiger partial charge in [0, 0.05) is 31.7 Å². The minimum atomic E-state index is -3.46. The molecule has 1 saturated heterocycles. The van der Waals surface area contributed by atoms with Crippen molar-refractivity contribution in [1.29, 1.82) is 0 Å². The highest BCUT2D eigenvalue weighted by Crippen LogP contribution is 2.31. The zero-order valence-corrected chi connectivity index (χ0v) is 17.1. The highest BCUT2D eigenvalue weighted by molar-refractivity contribution is 7.89. The molecule has 1 amide bonds. The predicted molar refractivity (Wildman–Crippen MR) is 110 cm³/mol. The van der Waals surface area contributed by atoms with Crippen molar-refractivity contribution in [1.82, 2.24) is 4.31 Å². The Morgan fingerprint density at radius 2 is 1.69 bits per heavy atom. The van der Waals surface area contributed by atoms with Gasteiger partial charge in [0.2, 0.25) is 15.9 Å². The quantitative estimate of drug-likeness (QED) is 0.749. The maximum atomic E-state index is 13.0. The molecule has 2 heterocycles. The van der Waals surface area contributed by atoms with E-state index < -0.39 is 10.0 Å². The summed E-state index contributed by atoms with van der Waals surface area (Å²) in [6.07, 6.45) is 4.26. The number of halogens is 1. The number of benzene rings is 2. The van der Waals surface area contributed by atoms with Crippen molar-refractivity contribution in [2.24, 2.45) is 0 Å². The van der Waals surface area contributed by atoms with Crippen LogP contribution in [0.1, 0.15) is 36.8 Å². The first-order valence-electron chi connectivity index (χ1n) is 10.1. The molecule has 0 bridgehead atoms. The molecule has 5 nitrogen and oxygen atoms in total. The van der Waals surface area contributed by atoms with Crippen LogP contribution in [0.15, 0.2) is 47.4 Å². The normalized spacial score (nSPS) is 17.3. The van der Waals surface area contributed by atoms with Gasteiger partial charge in [-0.2, -0.15) is 4.31 Å². The SMILES string of the molecule is O=C(CCc1ccc(F)cc1)N1CCCc2cc(S(=O)(=O)N3CCCC3)ccc21. The summed E-state index contributed by atoms with van der Waals surface area (Å²) in [5.41, 5.74) is 2.64. The summed E-state index contributed by atoms with van der Waals surface area (Å²) in [4.78, 5) is 14.9. The van der Waals surface area contributed by atoms with E-state index in [1.165, 1.54) is 12.1 Å². The third-order valence-corrected chi connectivity index (χ3v) is 7.61. The Kier molecular flexibility index (Phi) is 5.69. The molecule has 4 rings (SSSR count). The summed E-state index contributed by atoms with van der Waals surface area (Å²) >= 11 is 0. The average molecular weight is 417 g/mol. The number of hydrogen-bond acceptors (Lipinski definition) is 3. The van der Waals surface area contributed by atoms with Crippen LogP contribution in [0.2, 0.25) is 0 Å². The fourth-order valence-corrected chi connectivity index (χ4v) is 5.68. The molecule has 0 saturated carbocycles. The number of anilines is 1. The fraction of sp³-hybridized carbons (Fsp3) is 0.409. The van der Waals surface area contributed by atoms with Crippen molar-refractivity contribution >= 4 is 21.6 Å². The molecule has 2 aliphatic rings. The number of amides is 1. The van der Waals surface area contributed by atoms with Crippen molar-refractivity contribution in [2.75, 3.05) is 24.5 Å². The van der Waals surface area contributed by atoms with E-state index in [4.69, 9.17) is 0 Å². The van der Waals surface area contributed by atoms with Gasteiger partial charge in [-0.15, -0.1) is 0 Å². The van der Waals surface area contributed by atoms with E-state index >= 15 is 0 Å². The average Bonchev–Trinajstić information content (AvgIpc) is 3.28. The number of nitrogens with zero attached hydrogens (tertiary/aromatic N) is 2. The van der Waals surface area contributed by atoms with Gasteiger partial charge >= 0.3 is 0 Å². The molecule has 0 aliphatic carbocycles. The van der Waals surface area contributed by atoms with Crippen LogP contribution >= 0.6 is 0 Å². The van der Waals surface area contributed by atoms with E-state index in [1.807, 2.05) is 0 Å². The Morgan fingerprint density at radius 1 is 0.966 bits per heavy atom. The van der Waals surface area contributed by atoms with Crippen LogP contribution in [0, 0.1) is 5.82 Å². The lowest BCUT2D eigenvalue weighted by molar-refractivity contribution is -0.118. The van der Waals surface area contributed by atoms with Crippen molar-refractivity contribution < 1.29 is 17.6 Å². The predicted octanol–water partition coefficient (Wildman–Crippen LogP) is 3.52. The molecule has 0 spiro atoms. The van der Waals surface area contributed by atoms with Gasteiger partial charge in [-0.3, -0.25) is 4.79 Å². The topological polar surface area (TPSA) is 57.7 Å². The first-order valence-corrected chi connectivity index (χ1v) is 11.6. The van der Waals surface area contributed by atoms with Crippen LogP contribution in [0.25, 0.3) is 0 Å². The van der Waals surface area contributed by atoms with E-state index in [2.05, 4.69) is 0 Å². The van der Waals surface area contributed by atoms with Crippen LogP contribution in [-0.4, -0.2) is 38.3 Å².